The fraction of sp³-hybridized carbons (Fsp3) is 0.570. The Balaban J connectivity index is 0.000000682. The molecule has 0 saturated carbocycles. The Bertz CT molecular complexity index is 4580. The second kappa shape index (κ2) is 64.8. The molecule has 15 N–H and O–H groups in total. The zero-order chi connectivity index (χ0) is 102. The van der Waals surface area contributed by atoms with Gasteiger partial charge in [-0.1, -0.05) is 156 Å². The van der Waals surface area contributed by atoms with E-state index < -0.39 is 181 Å². The number of urea groups is 1. The van der Waals surface area contributed by atoms with Gasteiger partial charge in [-0.15, -0.1) is 11.3 Å². The van der Waals surface area contributed by atoms with E-state index in [2.05, 4.69) is 52.4 Å². The number of ketones is 4. The molecule has 5 rings (SSSR count). The van der Waals surface area contributed by atoms with Crippen molar-refractivity contribution in [3.05, 3.63) is 118 Å². The fourth-order valence-corrected chi connectivity index (χ4v) is 17.2. The summed E-state index contributed by atoms with van der Waals surface area (Å²) in [5.74, 6) is -14.7. The predicted molar refractivity (Wildman–Crippen MR) is 501 cm³/mol. The molecule has 750 valence electrons. The van der Waals surface area contributed by atoms with Crippen molar-refractivity contribution >= 4 is 146 Å². The number of rotatable bonds is 61. The molecule has 1 aromatic heterocycles. The van der Waals surface area contributed by atoms with Crippen LogP contribution in [0.15, 0.2) is 90.3 Å². The number of carboxylic acid groups (broad SMARTS) is 4. The highest BCUT2D eigenvalue weighted by Gasteiger charge is 2.41. The number of nitrogens with one attached hydrogen (secondary N) is 8. The quantitative estimate of drug-likeness (QED) is 0.00688. The molecule has 13 atom stereocenters. The number of carboxylic acids is 4. The summed E-state index contributed by atoms with van der Waals surface area (Å²) in [5.41, 5.74) is 8.27. The number of ether oxygens (including phenoxy) is 3. The van der Waals surface area contributed by atoms with E-state index in [1.54, 1.807) is 92.0 Å². The number of aliphatic carboxylic acids is 4. The van der Waals surface area contributed by atoms with Gasteiger partial charge < -0.3 is 92.9 Å². The van der Waals surface area contributed by atoms with Crippen LogP contribution >= 0.6 is 32.9 Å². The van der Waals surface area contributed by atoms with Gasteiger partial charge >= 0.3 is 54.1 Å². The predicted octanol–water partition coefficient (Wildman–Crippen LogP) is 7.10. The molecule has 0 radical (unpaired) electrons. The van der Waals surface area contributed by atoms with Crippen LogP contribution in [0, 0.1) is 35.5 Å². The summed E-state index contributed by atoms with van der Waals surface area (Å²) in [6.07, 6.45) is 0.448. The van der Waals surface area contributed by atoms with Gasteiger partial charge in [0.05, 0.1) is 43.6 Å². The summed E-state index contributed by atoms with van der Waals surface area (Å²) < 4.78 is 16.4. The normalized spacial score (nSPS) is 14.8. The summed E-state index contributed by atoms with van der Waals surface area (Å²) in [6, 6.07) is 15.8. The molecule has 9 amide bonds. The van der Waals surface area contributed by atoms with Crippen molar-refractivity contribution in [2.24, 2.45) is 41.2 Å². The van der Waals surface area contributed by atoms with Gasteiger partial charge in [-0.05, 0) is 119 Å². The van der Waals surface area contributed by atoms with E-state index in [1.165, 1.54) is 45.5 Å². The number of phenols is 1. The van der Waals surface area contributed by atoms with Crippen LogP contribution in [-0.4, -0.2) is 260 Å². The number of Topliss-reactive ketones (excluding diaryl/α,β-unsaturated/α-hetero) is 4. The maximum absolute atomic E-state index is 14.9. The molecule has 40 nitrogen and oxygen atoms in total. The lowest BCUT2D eigenvalue weighted by atomic mass is 9.82. The molecule has 0 spiro atoms. The second-order valence-electron chi connectivity index (χ2n) is 33.1. The molecule has 1 saturated heterocycles. The molecule has 136 heavy (non-hydrogen) atoms. The molecule has 1 aliphatic rings. The minimum Gasteiger partial charge on any atom is -0.508 e. The number of likely N-dealkylation sites (N-methyl/N-ethyl adjacent to an activating group) is 1. The minimum atomic E-state index is -1.61. The number of hydrogen-bond donors (Lipinski definition) is 14. The number of likely N-dealkylation sites (tertiary alicyclic amines) is 1. The van der Waals surface area contributed by atoms with Crippen molar-refractivity contribution in [1.82, 2.24) is 57.3 Å². The van der Waals surface area contributed by atoms with Gasteiger partial charge in [0.1, 0.15) is 28.5 Å². The summed E-state index contributed by atoms with van der Waals surface area (Å²) >= 11 is 1.11. The van der Waals surface area contributed by atoms with Gasteiger partial charge in [-0.2, -0.15) is 9.59 Å². The number of benzene rings is 3. The molecule has 0 aliphatic carbocycles. The molecular weight excluding hydrogens is 1830 g/mol. The Labute approximate surface area is 802 Å². The molecule has 3 aromatic carbocycles. The van der Waals surface area contributed by atoms with E-state index in [4.69, 9.17) is 34.6 Å². The number of piperidine rings is 1. The van der Waals surface area contributed by atoms with Crippen molar-refractivity contribution in [3.63, 3.8) is 0 Å². The SMILES string of the molecule is CCCC(=O)OCN(C(=O)[C@@H](CC(=O)[C@H]1CCCCN1C)C(C)CC)[C@H](C[C@@H](OC(C)=O)c1nc(C(=O)N[C@@H](Cc2ccc(O)cc2)C[C@H](C)C(=O)CNC(=O)OCC)cs1)C(C)C.CCSSC[C@@H](CC(=O)[C@H](CC(=O)O)NC(=O)[C@@H](N)CNC(=O)[C@@H](CC(=O)[C@H](Cc1ccccc1)NC(=O)CCNC(=O)CC[C@H](NC(=O)NCCCC(=O)O)C(=O)O)Cc1ccccc1)C(=O)O.O=C=O. The molecule has 4 aromatic rings. The van der Waals surface area contributed by atoms with Crippen LogP contribution in [0.4, 0.5) is 9.59 Å². The van der Waals surface area contributed by atoms with Crippen LogP contribution in [0.3, 0.4) is 0 Å². The zero-order valence-corrected chi connectivity index (χ0v) is 81.0. The van der Waals surface area contributed by atoms with Crippen molar-refractivity contribution in [1.29, 1.82) is 0 Å². The Kier molecular flexibility index (Phi) is 56.3. The number of aromatic nitrogens is 1. The monoisotopic (exact) mass is 1960 g/mol. The van der Waals surface area contributed by atoms with Crippen LogP contribution in [-0.2, 0) is 115 Å². The number of alkyl carbamates (subject to hydrolysis) is 1. The van der Waals surface area contributed by atoms with E-state index in [1.807, 2.05) is 48.6 Å². The molecular formula is C93H132N12O28S3. The third kappa shape index (κ3) is 46.5. The van der Waals surface area contributed by atoms with Gasteiger partial charge in [0, 0.05) is 125 Å². The number of carbonyl (C=O) groups is 18. The summed E-state index contributed by atoms with van der Waals surface area (Å²) in [7, 11) is 4.57. The zero-order valence-electron chi connectivity index (χ0n) is 78.5. The first kappa shape index (κ1) is 118. The topological polar surface area (TPSA) is 612 Å². The van der Waals surface area contributed by atoms with Gasteiger partial charge in [0.2, 0.25) is 29.5 Å². The molecule has 43 heteroatoms. The van der Waals surface area contributed by atoms with Crippen molar-refractivity contribution < 1.29 is 136 Å². The van der Waals surface area contributed by atoms with Crippen molar-refractivity contribution in [2.45, 2.75) is 239 Å². The molecule has 2 heterocycles. The number of carbonyl (C=O) groups excluding carboxylic acids is 16. The number of nitrogens with zero attached hydrogens (tertiary/aromatic N) is 3. The maximum Gasteiger partial charge on any atom is 0.407 e. The Morgan fingerprint density at radius 2 is 1.26 bits per heavy atom. The number of phenolic OH excluding ortho intramolecular Hbond substituents is 1. The lowest BCUT2D eigenvalue weighted by molar-refractivity contribution is -0.192. The summed E-state index contributed by atoms with van der Waals surface area (Å²) in [5, 5.41) is 68.9. The molecule has 0 bridgehead atoms. The highest BCUT2D eigenvalue weighted by Crippen LogP contribution is 2.35. The first-order chi connectivity index (χ1) is 64.6. The van der Waals surface area contributed by atoms with E-state index >= 15 is 0 Å². The van der Waals surface area contributed by atoms with Gasteiger partial charge in [-0.3, -0.25) is 76.8 Å². The number of thiazole rings is 1. The molecule has 1 fully saturated rings. The summed E-state index contributed by atoms with van der Waals surface area (Å²) in [6.45, 7) is 15.7. The Morgan fingerprint density at radius 3 is 1.85 bits per heavy atom. The smallest absolute Gasteiger partial charge is 0.407 e. The molecule has 1 unspecified atom stereocenters. The number of nitrogens with two attached hydrogens (primary N) is 1. The number of aromatic hydroxyl groups is 1. The van der Waals surface area contributed by atoms with Crippen LogP contribution in [0.2, 0.25) is 0 Å². The number of esters is 2. The average molecular weight is 1960 g/mol. The third-order valence-corrected chi connectivity index (χ3v) is 25.5. The van der Waals surface area contributed by atoms with E-state index in [9.17, 15) is 107 Å². The van der Waals surface area contributed by atoms with Crippen LogP contribution in [0.5, 0.6) is 5.75 Å². The number of amides is 9. The van der Waals surface area contributed by atoms with Crippen LogP contribution < -0.4 is 48.3 Å². The number of hydrogen-bond acceptors (Lipinski definition) is 30. The first-order valence-corrected chi connectivity index (χ1v) is 48.5. The van der Waals surface area contributed by atoms with Gasteiger partial charge in [0.25, 0.3) is 5.91 Å². The first-order valence-electron chi connectivity index (χ1n) is 45.1. The van der Waals surface area contributed by atoms with Gasteiger partial charge in [0.15, 0.2) is 36.0 Å². The highest BCUT2D eigenvalue weighted by atomic mass is 33.1. The van der Waals surface area contributed by atoms with Crippen molar-refractivity contribution in [2.75, 3.05) is 64.6 Å². The fourth-order valence-electron chi connectivity index (χ4n) is 14.4. The second-order valence-corrected chi connectivity index (χ2v) is 36.8. The Morgan fingerprint density at radius 1 is 0.632 bits per heavy atom. The highest BCUT2D eigenvalue weighted by molar-refractivity contribution is 8.76. The standard InChI is InChI=1S/C47H71N5O11S.C45H61N7O15S2.CO2/c1-10-15-43(57)62-28-52(46(59)36(30(6)11-2)24-40(55)38-16-13-14-21-51(38)9)39(29(4)5)25-42(63-32(8)53)45-50-37(27-64-45)44(58)49-34(23-33-17-19-35(54)20-18-33)22-31(7)41(56)26-48-47(60)61-12-3;1-2-68-69-26-30(43(63)64)23-36(54)34(24-40(59)60)51-42(62)31(46)25-49-41(61)29(20-27-10-5-3-6-11-27)22-35(53)33(21-28-12-7-4-8-13-28)50-38(56)17-19-47-37(55)16-15-32(44(65)66)52-45(67)48-18-9-14-39(57)58;2-1-3/h17-20,27,29-31,34,36,38-39,42,54H,10-16,21-26,28H2,1-9H3,(H,48,60)(H,49,58);3-8,10-13,29-34H,2,9,14-26,46H2,1H3,(H,47,55)(H,49,61)(H,50,56)(H,51,62)(H,57,58)(H,59,60)(H,63,64)(H,65,66)(H2,48,52,67);/t30?,31-,34+,36-,38+,39+,42+;29-,30-,31+,32+,33+,34+;/m01./s1. The maximum atomic E-state index is 14.9. The van der Waals surface area contributed by atoms with E-state index in [0.717, 1.165) is 42.7 Å². The lowest BCUT2D eigenvalue weighted by Crippen LogP contribution is -2.53. The van der Waals surface area contributed by atoms with Gasteiger partial charge in [-0.25, -0.2) is 19.4 Å². The minimum absolute atomic E-state index is 0.00799. The summed E-state index contributed by atoms with van der Waals surface area (Å²) in [4.78, 5) is 255. The van der Waals surface area contributed by atoms with Crippen LogP contribution in [0.25, 0.3) is 0 Å². The average Bonchev–Trinajstić information content (AvgIpc) is 1.27. The third-order valence-electron chi connectivity index (χ3n) is 22.0. The Hall–Kier alpha value is -12.1. The lowest BCUT2D eigenvalue weighted by Gasteiger charge is -2.39. The molecule has 1 aliphatic heterocycles. The van der Waals surface area contributed by atoms with E-state index in [0.29, 0.717) is 41.1 Å². The van der Waals surface area contributed by atoms with Crippen molar-refractivity contribution in [3.8, 4) is 5.75 Å². The van der Waals surface area contributed by atoms with Crippen LogP contribution in [0.1, 0.15) is 210 Å². The van der Waals surface area contributed by atoms with E-state index in [-0.39, 0.29) is 162 Å². The largest absolute Gasteiger partial charge is 0.508 e.